The van der Waals surface area contributed by atoms with Crippen molar-refractivity contribution in [2.45, 2.75) is 25.0 Å². The molecule has 50 valence electrons. The first kappa shape index (κ1) is 5.23. The predicted octanol–water partition coefficient (Wildman–Crippen LogP) is 0.0908. The molecule has 2 saturated heterocycles. The van der Waals surface area contributed by atoms with Crippen LogP contribution in [-0.2, 0) is 14.3 Å². The van der Waals surface area contributed by atoms with Gasteiger partial charge in [-0.1, -0.05) is 0 Å². The Labute approximate surface area is 52.9 Å². The normalized spacial score (nSPS) is 40.7. The molecule has 2 unspecified atom stereocenters. The monoisotopic (exact) mass is 128 g/mol. The highest BCUT2D eigenvalue weighted by Crippen LogP contribution is 2.29. The minimum atomic E-state index is -0.201. The van der Waals surface area contributed by atoms with Crippen LogP contribution >= 0.6 is 0 Å². The molecule has 2 aliphatic rings. The molecule has 0 aliphatic carbocycles. The molecule has 0 saturated carbocycles. The van der Waals surface area contributed by atoms with Gasteiger partial charge in [-0.15, -0.1) is 0 Å². The summed E-state index contributed by atoms with van der Waals surface area (Å²) in [4.78, 5) is 10.7. The number of fused-ring (bicyclic) bond motifs is 1. The average Bonchev–Trinajstić information content (AvgIpc) is 2.55. The van der Waals surface area contributed by atoms with E-state index in [9.17, 15) is 4.79 Å². The van der Waals surface area contributed by atoms with Crippen molar-refractivity contribution in [1.29, 1.82) is 0 Å². The van der Waals surface area contributed by atoms with E-state index in [0.717, 1.165) is 12.8 Å². The van der Waals surface area contributed by atoms with E-state index in [0.29, 0.717) is 6.61 Å². The minimum Gasteiger partial charge on any atom is -0.464 e. The second-order valence-corrected chi connectivity index (χ2v) is 2.40. The highest BCUT2D eigenvalue weighted by molar-refractivity contribution is 5.78. The van der Waals surface area contributed by atoms with Gasteiger partial charge in [-0.05, 0) is 12.8 Å². The van der Waals surface area contributed by atoms with Crippen LogP contribution in [0.25, 0.3) is 0 Å². The van der Waals surface area contributed by atoms with E-state index < -0.39 is 0 Å². The van der Waals surface area contributed by atoms with Gasteiger partial charge in [0.1, 0.15) is 0 Å². The van der Waals surface area contributed by atoms with E-state index in [1.165, 1.54) is 0 Å². The molecule has 0 aromatic rings. The summed E-state index contributed by atoms with van der Waals surface area (Å²) in [7, 11) is 0. The maximum atomic E-state index is 10.7. The zero-order valence-corrected chi connectivity index (χ0v) is 5.00. The van der Waals surface area contributed by atoms with Crippen molar-refractivity contribution in [3.05, 3.63) is 0 Å². The van der Waals surface area contributed by atoms with Gasteiger partial charge in [-0.25, -0.2) is 4.79 Å². The van der Waals surface area contributed by atoms with E-state index in [1.807, 2.05) is 0 Å². The first-order valence-corrected chi connectivity index (χ1v) is 3.20. The van der Waals surface area contributed by atoms with Gasteiger partial charge >= 0.3 is 5.97 Å². The molecular formula is C6H8O3. The first-order chi connectivity index (χ1) is 4.38. The summed E-state index contributed by atoms with van der Waals surface area (Å²) in [6, 6.07) is 0. The lowest BCUT2D eigenvalue weighted by Gasteiger charge is -1.96. The van der Waals surface area contributed by atoms with Crippen LogP contribution in [0, 0.1) is 0 Å². The highest BCUT2D eigenvalue weighted by atomic mass is 16.6. The number of cyclic esters (lactones) is 1. The largest absolute Gasteiger partial charge is 0.464 e. The van der Waals surface area contributed by atoms with Crippen molar-refractivity contribution in [2.75, 3.05) is 6.61 Å². The Morgan fingerprint density at radius 1 is 1.56 bits per heavy atom. The first-order valence-electron chi connectivity index (χ1n) is 3.20. The standard InChI is InChI=1S/C6H8O3/c7-6-5-4(9-5)2-1-3-8-6/h4-5H,1-3H2. The molecule has 0 N–H and O–H groups in total. The fourth-order valence-corrected chi connectivity index (χ4v) is 1.11. The molecule has 3 heteroatoms. The molecule has 0 radical (unpaired) electrons. The molecule has 0 amide bonds. The topological polar surface area (TPSA) is 38.8 Å². The molecule has 2 fully saturated rings. The van der Waals surface area contributed by atoms with Crippen LogP contribution in [0.3, 0.4) is 0 Å². The Morgan fingerprint density at radius 3 is 3.33 bits per heavy atom. The second-order valence-electron chi connectivity index (χ2n) is 2.40. The number of carbonyl (C=O) groups is 1. The van der Waals surface area contributed by atoms with Gasteiger partial charge in [0.15, 0.2) is 6.10 Å². The van der Waals surface area contributed by atoms with Crippen LogP contribution in [0.4, 0.5) is 0 Å². The zero-order valence-electron chi connectivity index (χ0n) is 5.00. The van der Waals surface area contributed by atoms with E-state index >= 15 is 0 Å². The van der Waals surface area contributed by atoms with Crippen LogP contribution < -0.4 is 0 Å². The number of epoxide rings is 1. The van der Waals surface area contributed by atoms with Crippen LogP contribution in [-0.4, -0.2) is 24.8 Å². The van der Waals surface area contributed by atoms with Crippen molar-refractivity contribution in [3.8, 4) is 0 Å². The van der Waals surface area contributed by atoms with Crippen LogP contribution in [0.1, 0.15) is 12.8 Å². The summed E-state index contributed by atoms with van der Waals surface area (Å²) in [5, 5.41) is 0. The Morgan fingerprint density at radius 2 is 2.44 bits per heavy atom. The minimum absolute atomic E-state index is 0.169. The summed E-state index contributed by atoms with van der Waals surface area (Å²) in [5.74, 6) is -0.169. The Balaban J connectivity index is 2.03. The van der Waals surface area contributed by atoms with Crippen molar-refractivity contribution >= 4 is 5.97 Å². The maximum absolute atomic E-state index is 10.7. The SMILES string of the molecule is O=C1OCCCC2OC12. The molecule has 0 bridgehead atoms. The number of hydrogen-bond donors (Lipinski definition) is 0. The van der Waals surface area contributed by atoms with Gasteiger partial charge < -0.3 is 9.47 Å². The fourth-order valence-electron chi connectivity index (χ4n) is 1.11. The molecule has 2 aliphatic heterocycles. The lowest BCUT2D eigenvalue weighted by atomic mass is 10.2. The average molecular weight is 128 g/mol. The summed E-state index contributed by atoms with van der Waals surface area (Å²) in [6.45, 7) is 0.579. The highest BCUT2D eigenvalue weighted by Gasteiger charge is 2.47. The number of hydrogen-bond acceptors (Lipinski definition) is 3. The van der Waals surface area contributed by atoms with Gasteiger partial charge in [0.25, 0.3) is 0 Å². The van der Waals surface area contributed by atoms with E-state index in [2.05, 4.69) is 0 Å². The maximum Gasteiger partial charge on any atom is 0.338 e. The van der Waals surface area contributed by atoms with Crippen molar-refractivity contribution in [1.82, 2.24) is 0 Å². The Hall–Kier alpha value is -0.570. The fraction of sp³-hybridized carbons (Fsp3) is 0.833. The van der Waals surface area contributed by atoms with E-state index in [4.69, 9.17) is 9.47 Å². The van der Waals surface area contributed by atoms with E-state index in [-0.39, 0.29) is 18.2 Å². The molecule has 2 atom stereocenters. The third-order valence-electron chi connectivity index (χ3n) is 1.69. The number of rotatable bonds is 0. The molecule has 3 nitrogen and oxygen atoms in total. The molecule has 0 aromatic carbocycles. The quantitative estimate of drug-likeness (QED) is 0.343. The molecule has 2 rings (SSSR count). The van der Waals surface area contributed by atoms with Crippen LogP contribution in [0.5, 0.6) is 0 Å². The van der Waals surface area contributed by atoms with Crippen LogP contribution in [0.15, 0.2) is 0 Å². The van der Waals surface area contributed by atoms with Crippen molar-refractivity contribution < 1.29 is 14.3 Å². The van der Waals surface area contributed by atoms with Gasteiger partial charge in [0.05, 0.1) is 12.7 Å². The number of ether oxygens (including phenoxy) is 2. The summed E-state index contributed by atoms with van der Waals surface area (Å²) >= 11 is 0. The third-order valence-corrected chi connectivity index (χ3v) is 1.69. The van der Waals surface area contributed by atoms with Gasteiger partial charge in [0.2, 0.25) is 0 Å². The third kappa shape index (κ3) is 0.812. The molecule has 0 aromatic heterocycles. The zero-order chi connectivity index (χ0) is 6.27. The Kier molecular flexibility index (Phi) is 0.990. The van der Waals surface area contributed by atoms with E-state index in [1.54, 1.807) is 0 Å². The number of carbonyl (C=O) groups excluding carboxylic acids is 1. The lowest BCUT2D eigenvalue weighted by molar-refractivity contribution is -0.144. The second kappa shape index (κ2) is 1.70. The van der Waals surface area contributed by atoms with Crippen molar-refractivity contribution in [3.63, 3.8) is 0 Å². The predicted molar refractivity (Wildman–Crippen MR) is 28.9 cm³/mol. The smallest absolute Gasteiger partial charge is 0.338 e. The van der Waals surface area contributed by atoms with Crippen LogP contribution in [0.2, 0.25) is 0 Å². The molecule has 9 heavy (non-hydrogen) atoms. The number of esters is 1. The van der Waals surface area contributed by atoms with Gasteiger partial charge in [-0.3, -0.25) is 0 Å². The molecule has 2 heterocycles. The molecule has 0 spiro atoms. The summed E-state index contributed by atoms with van der Waals surface area (Å²) < 4.78 is 9.79. The summed E-state index contributed by atoms with van der Waals surface area (Å²) in [5.41, 5.74) is 0. The van der Waals surface area contributed by atoms with Gasteiger partial charge in [-0.2, -0.15) is 0 Å². The summed E-state index contributed by atoms with van der Waals surface area (Å²) in [6.07, 6.45) is 1.93. The lowest BCUT2D eigenvalue weighted by Crippen LogP contribution is -2.10. The van der Waals surface area contributed by atoms with Gasteiger partial charge in [0, 0.05) is 0 Å². The Bertz CT molecular complexity index is 143. The molecular weight excluding hydrogens is 120 g/mol. The van der Waals surface area contributed by atoms with Crippen molar-refractivity contribution in [2.24, 2.45) is 0 Å².